The molecule has 1 N–H and O–H groups in total. The van der Waals surface area contributed by atoms with E-state index in [0.717, 1.165) is 12.8 Å². The van der Waals surface area contributed by atoms with Crippen LogP contribution in [0.1, 0.15) is 26.7 Å². The molecule has 22 heavy (non-hydrogen) atoms. The maximum atomic E-state index is 12.7. The van der Waals surface area contributed by atoms with Gasteiger partial charge >= 0.3 is 0 Å². The van der Waals surface area contributed by atoms with Crippen LogP contribution in [0.2, 0.25) is 0 Å². The van der Waals surface area contributed by atoms with E-state index in [-0.39, 0.29) is 16.9 Å². The molecule has 1 unspecified atom stereocenters. The number of likely N-dealkylation sites (N-methyl/N-ethyl adjacent to an activating group) is 1. The lowest BCUT2D eigenvalue weighted by Gasteiger charge is -2.23. The van der Waals surface area contributed by atoms with E-state index in [1.165, 1.54) is 23.4 Å². The molecule has 7 heteroatoms. The molecule has 0 bridgehead atoms. The number of carbonyl (C=O) groups excluding carboxylic acids is 1. The Kier molecular flexibility index (Phi) is 5.55. The molecule has 0 aromatic heterocycles. The second kappa shape index (κ2) is 7.21. The molecule has 0 radical (unpaired) electrons. The summed E-state index contributed by atoms with van der Waals surface area (Å²) in [7, 11) is -3.54. The third-order valence-electron chi connectivity index (χ3n) is 3.60. The molecule has 0 saturated carbocycles. The first kappa shape index (κ1) is 16.9. The zero-order valence-electron chi connectivity index (χ0n) is 12.9. The van der Waals surface area contributed by atoms with Gasteiger partial charge in [-0.15, -0.1) is 0 Å². The Hall–Kier alpha value is -1.44. The van der Waals surface area contributed by atoms with Crippen molar-refractivity contribution in [2.75, 3.05) is 25.0 Å². The highest BCUT2D eigenvalue weighted by Crippen LogP contribution is 2.21. The van der Waals surface area contributed by atoms with Crippen LogP contribution in [0.5, 0.6) is 0 Å². The average Bonchev–Trinajstić information content (AvgIpc) is 2.97. The number of anilines is 1. The van der Waals surface area contributed by atoms with Gasteiger partial charge in [-0.2, -0.15) is 4.31 Å². The molecule has 1 fully saturated rings. The predicted molar refractivity (Wildman–Crippen MR) is 84.2 cm³/mol. The fourth-order valence-corrected chi connectivity index (χ4v) is 3.96. The minimum atomic E-state index is -3.54. The SMILES string of the molecule is CCN(CC1CCCO1)S(=O)(=O)c1ccc(NC(C)=O)cc1. The van der Waals surface area contributed by atoms with Crippen LogP contribution in [0, 0.1) is 0 Å². The quantitative estimate of drug-likeness (QED) is 0.865. The summed E-state index contributed by atoms with van der Waals surface area (Å²) in [5.74, 6) is -0.191. The maximum Gasteiger partial charge on any atom is 0.243 e. The molecular weight excluding hydrogens is 304 g/mol. The maximum absolute atomic E-state index is 12.7. The van der Waals surface area contributed by atoms with Crippen molar-refractivity contribution in [2.45, 2.75) is 37.7 Å². The Morgan fingerprint density at radius 3 is 2.55 bits per heavy atom. The van der Waals surface area contributed by atoms with E-state index in [2.05, 4.69) is 5.32 Å². The van der Waals surface area contributed by atoms with Gasteiger partial charge in [-0.3, -0.25) is 4.79 Å². The van der Waals surface area contributed by atoms with E-state index >= 15 is 0 Å². The third kappa shape index (κ3) is 4.06. The third-order valence-corrected chi connectivity index (χ3v) is 5.55. The van der Waals surface area contributed by atoms with Crippen molar-refractivity contribution in [1.82, 2.24) is 4.31 Å². The van der Waals surface area contributed by atoms with Gasteiger partial charge in [0, 0.05) is 32.3 Å². The van der Waals surface area contributed by atoms with Gasteiger partial charge < -0.3 is 10.1 Å². The molecule has 0 aliphatic carbocycles. The van der Waals surface area contributed by atoms with E-state index < -0.39 is 10.0 Å². The minimum absolute atomic E-state index is 0.0200. The highest BCUT2D eigenvalue weighted by atomic mass is 32.2. The number of sulfonamides is 1. The van der Waals surface area contributed by atoms with Crippen LogP contribution < -0.4 is 5.32 Å². The summed E-state index contributed by atoms with van der Waals surface area (Å²) in [4.78, 5) is 11.2. The lowest BCUT2D eigenvalue weighted by atomic mass is 10.2. The summed E-state index contributed by atoms with van der Waals surface area (Å²) in [6.45, 7) is 4.71. The second-order valence-electron chi connectivity index (χ2n) is 5.30. The van der Waals surface area contributed by atoms with Crippen LogP contribution in [0.4, 0.5) is 5.69 Å². The fourth-order valence-electron chi connectivity index (χ4n) is 2.48. The summed E-state index contributed by atoms with van der Waals surface area (Å²) in [6, 6.07) is 6.21. The van der Waals surface area contributed by atoms with Gasteiger partial charge in [-0.25, -0.2) is 8.42 Å². The van der Waals surface area contributed by atoms with Crippen LogP contribution in [0.25, 0.3) is 0 Å². The Balaban J connectivity index is 2.14. The van der Waals surface area contributed by atoms with Gasteiger partial charge in [0.25, 0.3) is 0 Å². The number of nitrogens with one attached hydrogen (secondary N) is 1. The average molecular weight is 326 g/mol. The molecule has 1 aliphatic heterocycles. The van der Waals surface area contributed by atoms with E-state index in [1.54, 1.807) is 12.1 Å². The number of benzene rings is 1. The van der Waals surface area contributed by atoms with E-state index in [4.69, 9.17) is 4.74 Å². The lowest BCUT2D eigenvalue weighted by Crippen LogP contribution is -2.37. The van der Waals surface area contributed by atoms with Crippen molar-refractivity contribution >= 4 is 21.6 Å². The largest absolute Gasteiger partial charge is 0.377 e. The Morgan fingerprint density at radius 1 is 1.36 bits per heavy atom. The van der Waals surface area contributed by atoms with Gasteiger partial charge in [-0.05, 0) is 37.1 Å². The molecule has 1 saturated heterocycles. The topological polar surface area (TPSA) is 75.7 Å². The van der Waals surface area contributed by atoms with Gasteiger partial charge in [0.1, 0.15) is 0 Å². The summed E-state index contributed by atoms with van der Waals surface area (Å²) in [5.41, 5.74) is 0.577. The molecule has 122 valence electrons. The van der Waals surface area contributed by atoms with Crippen molar-refractivity contribution in [3.05, 3.63) is 24.3 Å². The van der Waals surface area contributed by atoms with E-state index in [0.29, 0.717) is 25.4 Å². The molecule has 1 heterocycles. The van der Waals surface area contributed by atoms with Crippen molar-refractivity contribution in [1.29, 1.82) is 0 Å². The number of nitrogens with zero attached hydrogens (tertiary/aromatic N) is 1. The molecule has 1 atom stereocenters. The summed E-state index contributed by atoms with van der Waals surface area (Å²) in [6.07, 6.45) is 1.86. The van der Waals surface area contributed by atoms with Crippen molar-refractivity contribution in [3.63, 3.8) is 0 Å². The van der Waals surface area contributed by atoms with Crippen LogP contribution in [0.15, 0.2) is 29.2 Å². The molecule has 1 amide bonds. The minimum Gasteiger partial charge on any atom is -0.377 e. The number of amides is 1. The van der Waals surface area contributed by atoms with E-state index in [9.17, 15) is 13.2 Å². The Labute approximate surface area is 131 Å². The normalized spacial score (nSPS) is 18.6. The van der Waals surface area contributed by atoms with E-state index in [1.807, 2.05) is 6.92 Å². The van der Waals surface area contributed by atoms with Crippen molar-refractivity contribution < 1.29 is 17.9 Å². The number of hydrogen-bond donors (Lipinski definition) is 1. The Bertz CT molecular complexity index is 607. The van der Waals surface area contributed by atoms with Gasteiger partial charge in [0.2, 0.25) is 15.9 Å². The Morgan fingerprint density at radius 2 is 2.05 bits per heavy atom. The first-order valence-electron chi connectivity index (χ1n) is 7.43. The van der Waals surface area contributed by atoms with Crippen LogP contribution >= 0.6 is 0 Å². The molecule has 6 nitrogen and oxygen atoms in total. The van der Waals surface area contributed by atoms with Gasteiger partial charge in [0.05, 0.1) is 11.0 Å². The number of ether oxygens (including phenoxy) is 1. The van der Waals surface area contributed by atoms with Crippen LogP contribution in [0.3, 0.4) is 0 Å². The molecule has 1 aliphatic rings. The molecule has 1 aromatic rings. The molecule has 0 spiro atoms. The second-order valence-corrected chi connectivity index (χ2v) is 7.23. The zero-order chi connectivity index (χ0) is 16.2. The van der Waals surface area contributed by atoms with Crippen LogP contribution in [-0.2, 0) is 19.6 Å². The monoisotopic (exact) mass is 326 g/mol. The zero-order valence-corrected chi connectivity index (χ0v) is 13.7. The smallest absolute Gasteiger partial charge is 0.243 e. The highest BCUT2D eigenvalue weighted by molar-refractivity contribution is 7.89. The van der Waals surface area contributed by atoms with Crippen LogP contribution in [-0.4, -0.2) is 44.4 Å². The van der Waals surface area contributed by atoms with Gasteiger partial charge in [-0.1, -0.05) is 6.92 Å². The summed E-state index contributed by atoms with van der Waals surface area (Å²) >= 11 is 0. The summed E-state index contributed by atoms with van der Waals surface area (Å²) < 4.78 is 32.3. The standard InChI is InChI=1S/C15H22N2O4S/c1-3-17(11-14-5-4-10-21-14)22(19,20)15-8-6-13(7-9-15)16-12(2)18/h6-9,14H,3-5,10-11H2,1-2H3,(H,16,18). The molecule has 1 aromatic carbocycles. The number of carbonyl (C=O) groups is 1. The first-order valence-corrected chi connectivity index (χ1v) is 8.87. The van der Waals surface area contributed by atoms with Gasteiger partial charge in [0.15, 0.2) is 0 Å². The fraction of sp³-hybridized carbons (Fsp3) is 0.533. The lowest BCUT2D eigenvalue weighted by molar-refractivity contribution is -0.114. The highest BCUT2D eigenvalue weighted by Gasteiger charge is 2.27. The number of rotatable bonds is 6. The molecule has 2 rings (SSSR count). The predicted octanol–water partition coefficient (Wildman–Crippen LogP) is 1.83. The number of hydrogen-bond acceptors (Lipinski definition) is 4. The molecular formula is C15H22N2O4S. The first-order chi connectivity index (χ1) is 10.4. The summed E-state index contributed by atoms with van der Waals surface area (Å²) in [5, 5.41) is 2.62. The van der Waals surface area contributed by atoms with Crippen molar-refractivity contribution in [3.8, 4) is 0 Å². The van der Waals surface area contributed by atoms with Crippen molar-refractivity contribution in [2.24, 2.45) is 0 Å².